The van der Waals surface area contributed by atoms with E-state index in [0.717, 1.165) is 17.1 Å². The lowest BCUT2D eigenvalue weighted by Crippen LogP contribution is -2.32. The molecule has 106 valence electrons. The Balaban J connectivity index is 2.53. The Morgan fingerprint density at radius 1 is 1.42 bits per heavy atom. The molecular formula is C12H20N4O3. The summed E-state index contributed by atoms with van der Waals surface area (Å²) >= 11 is 0. The second-order valence-electron chi connectivity index (χ2n) is 4.60. The van der Waals surface area contributed by atoms with Gasteiger partial charge in [-0.25, -0.2) is 0 Å². The zero-order valence-corrected chi connectivity index (χ0v) is 11.7. The van der Waals surface area contributed by atoms with Crippen molar-refractivity contribution in [1.82, 2.24) is 14.7 Å². The van der Waals surface area contributed by atoms with Crippen LogP contribution >= 0.6 is 0 Å². The van der Waals surface area contributed by atoms with Crippen LogP contribution in [-0.4, -0.2) is 51.8 Å². The van der Waals surface area contributed by atoms with E-state index in [1.165, 1.54) is 0 Å². The first-order chi connectivity index (χ1) is 8.81. The van der Waals surface area contributed by atoms with E-state index >= 15 is 0 Å². The van der Waals surface area contributed by atoms with E-state index in [1.807, 2.05) is 20.9 Å². The molecule has 1 rings (SSSR count). The van der Waals surface area contributed by atoms with Gasteiger partial charge < -0.3 is 10.4 Å². The summed E-state index contributed by atoms with van der Waals surface area (Å²) in [6, 6.07) is 0. The van der Waals surface area contributed by atoms with Crippen molar-refractivity contribution in [2.24, 2.45) is 7.05 Å². The zero-order chi connectivity index (χ0) is 14.6. The quantitative estimate of drug-likeness (QED) is 0.779. The average Bonchev–Trinajstić information content (AvgIpc) is 2.53. The Bertz CT molecular complexity index is 482. The third-order valence-electron chi connectivity index (χ3n) is 2.89. The number of carboxylic acids is 1. The van der Waals surface area contributed by atoms with Crippen molar-refractivity contribution in [1.29, 1.82) is 0 Å². The number of carbonyl (C=O) groups excluding carboxylic acids is 1. The first-order valence-electron chi connectivity index (χ1n) is 6.01. The SMILES string of the molecule is Cc1nn(C)c(C)c1NC(=O)CN(C)CCC(=O)O. The minimum Gasteiger partial charge on any atom is -0.481 e. The van der Waals surface area contributed by atoms with E-state index in [2.05, 4.69) is 10.4 Å². The van der Waals surface area contributed by atoms with Crippen molar-refractivity contribution in [3.05, 3.63) is 11.4 Å². The van der Waals surface area contributed by atoms with Crippen LogP contribution in [0.15, 0.2) is 0 Å². The molecule has 1 amide bonds. The molecule has 1 aromatic heterocycles. The van der Waals surface area contributed by atoms with E-state index in [9.17, 15) is 9.59 Å². The summed E-state index contributed by atoms with van der Waals surface area (Å²) in [6.07, 6.45) is 0.0225. The van der Waals surface area contributed by atoms with Crippen LogP contribution in [0.5, 0.6) is 0 Å². The van der Waals surface area contributed by atoms with E-state index in [-0.39, 0.29) is 18.9 Å². The average molecular weight is 268 g/mol. The lowest BCUT2D eigenvalue weighted by atomic mass is 10.3. The van der Waals surface area contributed by atoms with Crippen molar-refractivity contribution in [3.63, 3.8) is 0 Å². The maximum atomic E-state index is 11.8. The highest BCUT2D eigenvalue weighted by atomic mass is 16.4. The summed E-state index contributed by atoms with van der Waals surface area (Å²) in [5, 5.41) is 15.6. The number of aliphatic carboxylic acids is 1. The van der Waals surface area contributed by atoms with Crippen LogP contribution in [-0.2, 0) is 16.6 Å². The fraction of sp³-hybridized carbons (Fsp3) is 0.583. The molecule has 7 nitrogen and oxygen atoms in total. The Hall–Kier alpha value is -1.89. The monoisotopic (exact) mass is 268 g/mol. The Morgan fingerprint density at radius 2 is 2.05 bits per heavy atom. The Labute approximate surface area is 112 Å². The van der Waals surface area contributed by atoms with Crippen molar-refractivity contribution in [3.8, 4) is 0 Å². The number of carboxylic acid groups (broad SMARTS) is 1. The fourth-order valence-electron chi connectivity index (χ4n) is 1.74. The van der Waals surface area contributed by atoms with Crippen molar-refractivity contribution < 1.29 is 14.7 Å². The smallest absolute Gasteiger partial charge is 0.304 e. The van der Waals surface area contributed by atoms with E-state index in [4.69, 9.17) is 5.11 Å². The van der Waals surface area contributed by atoms with E-state index < -0.39 is 5.97 Å². The van der Waals surface area contributed by atoms with E-state index in [0.29, 0.717) is 6.54 Å². The summed E-state index contributed by atoms with van der Waals surface area (Å²) in [5.74, 6) is -1.04. The number of nitrogens with one attached hydrogen (secondary N) is 1. The molecule has 19 heavy (non-hydrogen) atoms. The fourth-order valence-corrected chi connectivity index (χ4v) is 1.74. The summed E-state index contributed by atoms with van der Waals surface area (Å²) in [5.41, 5.74) is 2.37. The molecule has 0 saturated heterocycles. The number of hydrogen-bond donors (Lipinski definition) is 2. The van der Waals surface area contributed by atoms with Crippen LogP contribution in [0.2, 0.25) is 0 Å². The maximum absolute atomic E-state index is 11.8. The number of amides is 1. The predicted octanol–water partition coefficient (Wildman–Crippen LogP) is 0.382. The third-order valence-corrected chi connectivity index (χ3v) is 2.89. The number of likely N-dealkylation sites (N-methyl/N-ethyl adjacent to an activating group) is 1. The molecular weight excluding hydrogens is 248 g/mol. The van der Waals surface area contributed by atoms with Crippen LogP contribution in [0.25, 0.3) is 0 Å². The first-order valence-corrected chi connectivity index (χ1v) is 6.01. The highest BCUT2D eigenvalue weighted by Gasteiger charge is 2.14. The van der Waals surface area contributed by atoms with Gasteiger partial charge in [0.15, 0.2) is 0 Å². The number of aromatic nitrogens is 2. The largest absolute Gasteiger partial charge is 0.481 e. The van der Waals surface area contributed by atoms with Gasteiger partial charge in [-0.2, -0.15) is 5.10 Å². The summed E-state index contributed by atoms with van der Waals surface area (Å²) in [6.45, 7) is 4.20. The van der Waals surface area contributed by atoms with Gasteiger partial charge in [-0.05, 0) is 20.9 Å². The lowest BCUT2D eigenvalue weighted by Gasteiger charge is -2.15. The van der Waals surface area contributed by atoms with Gasteiger partial charge >= 0.3 is 5.97 Å². The minimum absolute atomic E-state index is 0.0225. The summed E-state index contributed by atoms with van der Waals surface area (Å²) < 4.78 is 1.71. The summed E-state index contributed by atoms with van der Waals surface area (Å²) in [4.78, 5) is 23.9. The van der Waals surface area contributed by atoms with Crippen LogP contribution < -0.4 is 5.32 Å². The van der Waals surface area contributed by atoms with Crippen molar-refractivity contribution >= 4 is 17.6 Å². The Morgan fingerprint density at radius 3 is 2.53 bits per heavy atom. The molecule has 0 radical (unpaired) electrons. The molecule has 1 aromatic rings. The maximum Gasteiger partial charge on any atom is 0.304 e. The number of aryl methyl sites for hydroxylation is 2. The molecule has 0 fully saturated rings. The molecule has 0 spiro atoms. The number of hydrogen-bond acceptors (Lipinski definition) is 4. The second kappa shape index (κ2) is 6.33. The van der Waals surface area contributed by atoms with Crippen LogP contribution in [0, 0.1) is 13.8 Å². The van der Waals surface area contributed by atoms with Gasteiger partial charge in [0.25, 0.3) is 0 Å². The van der Waals surface area contributed by atoms with Crippen LogP contribution in [0.1, 0.15) is 17.8 Å². The third kappa shape index (κ3) is 4.36. The first kappa shape index (κ1) is 15.2. The molecule has 0 aliphatic rings. The normalized spacial score (nSPS) is 10.8. The Kier molecular flexibility index (Phi) is 5.05. The standard InChI is InChI=1S/C12H20N4O3/c1-8-12(9(2)16(4)14-8)13-10(17)7-15(3)6-5-11(18)19/h5-7H2,1-4H3,(H,13,17)(H,18,19). The number of rotatable bonds is 6. The molecule has 1 heterocycles. The highest BCUT2D eigenvalue weighted by molar-refractivity contribution is 5.93. The topological polar surface area (TPSA) is 87.5 Å². The number of anilines is 1. The molecule has 0 aliphatic heterocycles. The predicted molar refractivity (Wildman–Crippen MR) is 71.1 cm³/mol. The van der Waals surface area contributed by atoms with Crippen molar-refractivity contribution in [2.45, 2.75) is 20.3 Å². The van der Waals surface area contributed by atoms with E-state index in [1.54, 1.807) is 16.6 Å². The number of nitrogens with zero attached hydrogens (tertiary/aromatic N) is 3. The molecule has 0 saturated carbocycles. The molecule has 7 heteroatoms. The molecule has 0 unspecified atom stereocenters. The lowest BCUT2D eigenvalue weighted by molar-refractivity contribution is -0.137. The highest BCUT2D eigenvalue weighted by Crippen LogP contribution is 2.17. The molecule has 0 atom stereocenters. The van der Waals surface area contributed by atoms with Crippen LogP contribution in [0.4, 0.5) is 5.69 Å². The molecule has 0 aromatic carbocycles. The van der Waals surface area contributed by atoms with Gasteiger partial charge in [0.05, 0.1) is 30.0 Å². The molecule has 0 aliphatic carbocycles. The van der Waals surface area contributed by atoms with Gasteiger partial charge in [0, 0.05) is 13.6 Å². The van der Waals surface area contributed by atoms with Crippen molar-refractivity contribution in [2.75, 3.05) is 25.5 Å². The zero-order valence-electron chi connectivity index (χ0n) is 11.7. The second-order valence-corrected chi connectivity index (χ2v) is 4.60. The van der Waals surface area contributed by atoms with Gasteiger partial charge in [-0.1, -0.05) is 0 Å². The number of carbonyl (C=O) groups is 2. The molecule has 0 bridgehead atoms. The van der Waals surface area contributed by atoms with Crippen LogP contribution in [0.3, 0.4) is 0 Å². The summed E-state index contributed by atoms with van der Waals surface area (Å²) in [7, 11) is 3.53. The van der Waals surface area contributed by atoms with Gasteiger partial charge in [0.1, 0.15) is 0 Å². The minimum atomic E-state index is -0.869. The van der Waals surface area contributed by atoms with Gasteiger partial charge in [0.2, 0.25) is 5.91 Å². The van der Waals surface area contributed by atoms with Gasteiger partial charge in [-0.15, -0.1) is 0 Å². The van der Waals surface area contributed by atoms with Gasteiger partial charge in [-0.3, -0.25) is 19.2 Å². The molecule has 2 N–H and O–H groups in total.